The predicted octanol–water partition coefficient (Wildman–Crippen LogP) is 2.00. The number of fused-ring (bicyclic) bond motifs is 2. The lowest BCUT2D eigenvalue weighted by molar-refractivity contribution is 0.0776. The number of carbonyl (C=O) groups is 1. The molecular weight excluding hydrogens is 340 g/mol. The summed E-state index contributed by atoms with van der Waals surface area (Å²) in [5.41, 5.74) is 2.79. The lowest BCUT2D eigenvalue weighted by atomic mass is 10.0. The second-order valence-electron chi connectivity index (χ2n) is 7.65. The number of rotatable bonds is 3. The number of para-hydroxylation sites is 2. The van der Waals surface area contributed by atoms with Crippen LogP contribution in [0.25, 0.3) is 11.0 Å². The van der Waals surface area contributed by atoms with Gasteiger partial charge in [-0.15, -0.1) is 0 Å². The molecule has 7 nitrogen and oxygen atoms in total. The van der Waals surface area contributed by atoms with Crippen LogP contribution in [-0.2, 0) is 13.6 Å². The summed E-state index contributed by atoms with van der Waals surface area (Å²) < 4.78 is 3.98. The van der Waals surface area contributed by atoms with Crippen molar-refractivity contribution in [2.24, 2.45) is 18.9 Å². The molecule has 4 heterocycles. The average Bonchev–Trinajstić information content (AvgIpc) is 3.41. The smallest absolute Gasteiger partial charge is 0.274 e. The first-order chi connectivity index (χ1) is 13.1. The first-order valence-electron chi connectivity index (χ1n) is 9.63. The van der Waals surface area contributed by atoms with Gasteiger partial charge in [0, 0.05) is 57.8 Å². The van der Waals surface area contributed by atoms with Crippen LogP contribution in [0.3, 0.4) is 0 Å². The molecule has 140 valence electrons. The van der Waals surface area contributed by atoms with Gasteiger partial charge in [-0.05, 0) is 25.1 Å². The molecule has 7 heteroatoms. The van der Waals surface area contributed by atoms with E-state index in [4.69, 9.17) is 4.98 Å². The van der Waals surface area contributed by atoms with E-state index < -0.39 is 0 Å². The van der Waals surface area contributed by atoms with E-state index in [0.717, 1.165) is 44.2 Å². The summed E-state index contributed by atoms with van der Waals surface area (Å²) in [6.07, 6.45) is 1.82. The van der Waals surface area contributed by atoms with Gasteiger partial charge in [-0.3, -0.25) is 9.48 Å². The molecule has 5 rings (SSSR count). The highest BCUT2D eigenvalue weighted by Crippen LogP contribution is 2.35. The van der Waals surface area contributed by atoms with Crippen LogP contribution in [0.4, 0.5) is 5.95 Å². The molecule has 0 spiro atoms. The van der Waals surface area contributed by atoms with Gasteiger partial charge in [0.05, 0.1) is 11.0 Å². The Morgan fingerprint density at radius 3 is 2.52 bits per heavy atom. The number of benzene rings is 1. The van der Waals surface area contributed by atoms with Crippen molar-refractivity contribution in [1.82, 2.24) is 24.2 Å². The summed E-state index contributed by atoms with van der Waals surface area (Å²) in [6, 6.07) is 10.1. The number of aryl methyl sites for hydroxylation is 2. The van der Waals surface area contributed by atoms with Crippen molar-refractivity contribution in [3.63, 3.8) is 0 Å². The van der Waals surface area contributed by atoms with E-state index in [2.05, 4.69) is 39.7 Å². The predicted molar refractivity (Wildman–Crippen MR) is 104 cm³/mol. The number of aromatic nitrogens is 4. The van der Waals surface area contributed by atoms with Crippen LogP contribution in [0.5, 0.6) is 0 Å². The highest BCUT2D eigenvalue weighted by Gasteiger charge is 2.43. The second kappa shape index (κ2) is 6.11. The number of imidazole rings is 1. The molecule has 1 aromatic carbocycles. The van der Waals surface area contributed by atoms with Crippen molar-refractivity contribution in [3.8, 4) is 0 Å². The maximum atomic E-state index is 12.7. The van der Waals surface area contributed by atoms with Gasteiger partial charge in [0.1, 0.15) is 5.69 Å². The molecule has 1 amide bonds. The zero-order valence-corrected chi connectivity index (χ0v) is 15.7. The number of anilines is 1. The zero-order valence-electron chi connectivity index (χ0n) is 15.7. The Morgan fingerprint density at radius 2 is 1.85 bits per heavy atom. The van der Waals surface area contributed by atoms with Crippen molar-refractivity contribution in [1.29, 1.82) is 0 Å². The Labute approximate surface area is 158 Å². The van der Waals surface area contributed by atoms with Gasteiger partial charge >= 0.3 is 0 Å². The maximum Gasteiger partial charge on any atom is 0.274 e. The van der Waals surface area contributed by atoms with E-state index in [-0.39, 0.29) is 5.91 Å². The van der Waals surface area contributed by atoms with E-state index in [0.29, 0.717) is 17.5 Å². The average molecular weight is 364 g/mol. The molecule has 27 heavy (non-hydrogen) atoms. The lowest BCUT2D eigenvalue weighted by Crippen LogP contribution is -2.34. The van der Waals surface area contributed by atoms with E-state index in [9.17, 15) is 4.79 Å². The minimum absolute atomic E-state index is 0.0531. The molecule has 0 N–H and O–H groups in total. The van der Waals surface area contributed by atoms with Crippen LogP contribution < -0.4 is 4.90 Å². The van der Waals surface area contributed by atoms with Crippen LogP contribution in [-0.4, -0.2) is 56.3 Å². The Kier molecular flexibility index (Phi) is 3.70. The topological polar surface area (TPSA) is 59.2 Å². The van der Waals surface area contributed by atoms with Crippen molar-refractivity contribution < 1.29 is 4.79 Å². The number of carbonyl (C=O) groups excluding carboxylic acids is 1. The number of likely N-dealkylation sites (tertiary alicyclic amines) is 1. The van der Waals surface area contributed by atoms with Crippen molar-refractivity contribution in [2.75, 3.05) is 31.1 Å². The molecule has 2 unspecified atom stereocenters. The Balaban J connectivity index is 1.34. The van der Waals surface area contributed by atoms with Gasteiger partial charge in [-0.1, -0.05) is 12.1 Å². The molecule has 2 aromatic heterocycles. The Bertz CT molecular complexity index is 991. The summed E-state index contributed by atoms with van der Waals surface area (Å²) in [7, 11) is 1.84. The van der Waals surface area contributed by atoms with Crippen LogP contribution in [0.15, 0.2) is 36.5 Å². The summed E-state index contributed by atoms with van der Waals surface area (Å²) in [6.45, 7) is 6.61. The quantitative estimate of drug-likeness (QED) is 0.713. The largest absolute Gasteiger partial charge is 0.342 e. The van der Waals surface area contributed by atoms with Crippen LogP contribution in [0, 0.1) is 11.8 Å². The second-order valence-corrected chi connectivity index (χ2v) is 7.65. The first-order valence-corrected chi connectivity index (χ1v) is 9.63. The molecule has 2 aliphatic rings. The van der Waals surface area contributed by atoms with E-state index in [1.165, 1.54) is 5.52 Å². The number of nitrogens with zero attached hydrogens (tertiary/aromatic N) is 6. The molecule has 3 aromatic rings. The third kappa shape index (κ3) is 2.60. The minimum Gasteiger partial charge on any atom is -0.342 e. The normalized spacial score (nSPS) is 22.0. The molecule has 0 bridgehead atoms. The number of hydrogen-bond donors (Lipinski definition) is 0. The van der Waals surface area contributed by atoms with Crippen molar-refractivity contribution >= 4 is 22.9 Å². The molecular formula is C20H24N6O. The molecule has 2 atom stereocenters. The SMILES string of the molecule is CCn1c(N2CC3CN(C(=O)c4ccn(C)n4)CC3C2)nc2ccccc21. The third-order valence-corrected chi connectivity index (χ3v) is 5.94. The molecule has 2 aliphatic heterocycles. The summed E-state index contributed by atoms with van der Waals surface area (Å²) in [5.74, 6) is 2.12. The highest BCUT2D eigenvalue weighted by atomic mass is 16.2. The first kappa shape index (κ1) is 16.4. The maximum absolute atomic E-state index is 12.7. The molecule has 0 saturated carbocycles. The van der Waals surface area contributed by atoms with Crippen molar-refractivity contribution in [3.05, 3.63) is 42.2 Å². The standard InChI is InChI=1S/C20H24N6O/c1-3-26-18-7-5-4-6-16(18)21-20(26)25-12-14-10-24(11-15(14)13-25)19(27)17-8-9-23(2)22-17/h4-9,14-15H,3,10-13H2,1-2H3. The Morgan fingerprint density at radius 1 is 1.11 bits per heavy atom. The summed E-state index contributed by atoms with van der Waals surface area (Å²) in [5, 5.41) is 4.26. The van der Waals surface area contributed by atoms with E-state index in [1.807, 2.05) is 24.2 Å². The number of hydrogen-bond acceptors (Lipinski definition) is 4. The minimum atomic E-state index is 0.0531. The fourth-order valence-corrected chi connectivity index (χ4v) is 4.63. The van der Waals surface area contributed by atoms with E-state index >= 15 is 0 Å². The summed E-state index contributed by atoms with van der Waals surface area (Å²) >= 11 is 0. The number of amides is 1. The van der Waals surface area contributed by atoms with Gasteiger partial charge in [-0.25, -0.2) is 4.98 Å². The highest BCUT2D eigenvalue weighted by molar-refractivity contribution is 5.92. The van der Waals surface area contributed by atoms with Crippen LogP contribution in [0.2, 0.25) is 0 Å². The fraction of sp³-hybridized carbons (Fsp3) is 0.450. The molecule has 2 saturated heterocycles. The monoisotopic (exact) mass is 364 g/mol. The van der Waals surface area contributed by atoms with Gasteiger partial charge in [0.25, 0.3) is 5.91 Å². The third-order valence-electron chi connectivity index (χ3n) is 5.94. The fourth-order valence-electron chi connectivity index (χ4n) is 4.63. The van der Waals surface area contributed by atoms with Gasteiger partial charge in [-0.2, -0.15) is 5.10 Å². The molecule has 2 fully saturated rings. The van der Waals surface area contributed by atoms with Crippen LogP contribution in [0.1, 0.15) is 17.4 Å². The lowest BCUT2D eigenvalue weighted by Gasteiger charge is -2.22. The zero-order chi connectivity index (χ0) is 18.5. The summed E-state index contributed by atoms with van der Waals surface area (Å²) in [4.78, 5) is 21.9. The van der Waals surface area contributed by atoms with Crippen LogP contribution >= 0.6 is 0 Å². The van der Waals surface area contributed by atoms with E-state index in [1.54, 1.807) is 10.7 Å². The van der Waals surface area contributed by atoms with Crippen molar-refractivity contribution in [2.45, 2.75) is 13.5 Å². The van der Waals surface area contributed by atoms with Gasteiger partial charge < -0.3 is 14.4 Å². The van der Waals surface area contributed by atoms with Gasteiger partial charge in [0.2, 0.25) is 5.95 Å². The Hall–Kier alpha value is -2.83. The van der Waals surface area contributed by atoms with Gasteiger partial charge in [0.15, 0.2) is 0 Å². The molecule has 0 aliphatic carbocycles. The molecule has 0 radical (unpaired) electrons.